The summed E-state index contributed by atoms with van der Waals surface area (Å²) in [7, 11) is -2.46. The van der Waals surface area contributed by atoms with Crippen LogP contribution in [-0.2, 0) is 27.8 Å². The van der Waals surface area contributed by atoms with E-state index in [2.05, 4.69) is 4.98 Å². The fourth-order valence-electron chi connectivity index (χ4n) is 3.81. The van der Waals surface area contributed by atoms with Gasteiger partial charge in [0.2, 0.25) is 15.9 Å². The number of carbonyl (C=O) groups is 1. The Morgan fingerprint density at radius 3 is 2.42 bits per heavy atom. The molecule has 3 N–H and O–H groups in total. The summed E-state index contributed by atoms with van der Waals surface area (Å²) in [5, 5.41) is 30.9. The minimum atomic E-state index is -3.78. The molecule has 2 aromatic carbocycles. The highest BCUT2D eigenvalue weighted by Gasteiger charge is 2.26. The van der Waals surface area contributed by atoms with Crippen molar-refractivity contribution in [3.63, 3.8) is 0 Å². The van der Waals surface area contributed by atoms with Crippen molar-refractivity contribution in [1.82, 2.24) is 9.55 Å². The number of benzene rings is 2. The molecule has 9 nitrogen and oxygen atoms in total. The predicted octanol–water partition coefficient (Wildman–Crippen LogP) is 2.81. The SMILES string of the molecule is CN(c1c2cc(Cc3ccc(F)cc3)cnc2c(O)c2c(O)n(CC(=O)O)cc12)S(C)(=O)=O. The number of carboxylic acid groups (broad SMARTS) is 1. The summed E-state index contributed by atoms with van der Waals surface area (Å²) in [6, 6.07) is 7.56. The van der Waals surface area contributed by atoms with E-state index in [1.54, 1.807) is 18.2 Å². The molecule has 4 aromatic rings. The molecule has 0 spiro atoms. The van der Waals surface area contributed by atoms with E-state index < -0.39 is 34.2 Å². The van der Waals surface area contributed by atoms with Gasteiger partial charge < -0.3 is 19.9 Å². The number of anilines is 1. The largest absolute Gasteiger partial charge is 0.505 e. The number of aliphatic carboxylic acids is 1. The lowest BCUT2D eigenvalue weighted by Gasteiger charge is -2.21. The number of hydrogen-bond donors (Lipinski definition) is 3. The number of nitrogens with zero attached hydrogens (tertiary/aromatic N) is 3. The first kappa shape index (κ1) is 22.3. The standard InChI is InChI=1S/C22H20FN3O6S/c1-25(33(2,31)32)20-15-8-13(7-12-3-5-14(23)6-4-12)9-24-19(15)21(29)18-16(20)10-26(22(18)30)11-17(27)28/h3-6,8-10,29-30H,7,11H2,1-2H3,(H,27,28). The average Bonchev–Trinajstić information content (AvgIpc) is 3.04. The molecule has 2 aromatic heterocycles. The van der Waals surface area contributed by atoms with Gasteiger partial charge >= 0.3 is 5.97 Å². The number of rotatable bonds is 6. The third-order valence-corrected chi connectivity index (χ3v) is 6.58. The topological polar surface area (TPSA) is 133 Å². The van der Waals surface area contributed by atoms with Gasteiger partial charge in [-0.25, -0.2) is 12.8 Å². The van der Waals surface area contributed by atoms with Crippen molar-refractivity contribution in [2.45, 2.75) is 13.0 Å². The Bertz CT molecular complexity index is 1510. The molecule has 4 rings (SSSR count). The van der Waals surface area contributed by atoms with E-state index in [1.807, 2.05) is 0 Å². The monoisotopic (exact) mass is 473 g/mol. The first-order chi connectivity index (χ1) is 15.5. The molecule has 33 heavy (non-hydrogen) atoms. The molecule has 0 saturated heterocycles. The number of phenols is 1. The van der Waals surface area contributed by atoms with Gasteiger partial charge in [0.25, 0.3) is 0 Å². The highest BCUT2D eigenvalue weighted by Crippen LogP contribution is 2.46. The van der Waals surface area contributed by atoms with Crippen LogP contribution in [0, 0.1) is 5.82 Å². The van der Waals surface area contributed by atoms with E-state index in [0.717, 1.165) is 20.7 Å². The van der Waals surface area contributed by atoms with Crippen LogP contribution in [0.5, 0.6) is 11.6 Å². The maximum atomic E-state index is 13.2. The van der Waals surface area contributed by atoms with Crippen LogP contribution < -0.4 is 4.31 Å². The highest BCUT2D eigenvalue weighted by atomic mass is 32.2. The highest BCUT2D eigenvalue weighted by molar-refractivity contribution is 7.92. The molecule has 0 bridgehead atoms. The van der Waals surface area contributed by atoms with Crippen LogP contribution in [0.2, 0.25) is 0 Å². The van der Waals surface area contributed by atoms with Crippen LogP contribution >= 0.6 is 0 Å². The summed E-state index contributed by atoms with van der Waals surface area (Å²) in [5.41, 5.74) is 1.64. The summed E-state index contributed by atoms with van der Waals surface area (Å²) in [6.07, 6.45) is 4.14. The Morgan fingerprint density at radius 2 is 1.82 bits per heavy atom. The van der Waals surface area contributed by atoms with E-state index in [0.29, 0.717) is 17.4 Å². The zero-order valence-corrected chi connectivity index (χ0v) is 18.5. The lowest BCUT2D eigenvalue weighted by atomic mass is 10.0. The number of carboxylic acids is 1. The lowest BCUT2D eigenvalue weighted by molar-refractivity contribution is -0.137. The fourth-order valence-corrected chi connectivity index (χ4v) is 4.33. The van der Waals surface area contributed by atoms with E-state index in [-0.39, 0.29) is 27.8 Å². The molecular weight excluding hydrogens is 453 g/mol. The van der Waals surface area contributed by atoms with Crippen LogP contribution in [0.4, 0.5) is 10.1 Å². The molecule has 2 heterocycles. The molecule has 0 aliphatic heterocycles. The molecule has 0 aliphatic rings. The van der Waals surface area contributed by atoms with Crippen molar-refractivity contribution in [2.24, 2.45) is 0 Å². The van der Waals surface area contributed by atoms with Gasteiger partial charge in [-0.05, 0) is 35.7 Å². The Balaban J connectivity index is 2.02. The lowest BCUT2D eigenvalue weighted by Crippen LogP contribution is -2.25. The van der Waals surface area contributed by atoms with Crippen LogP contribution in [0.3, 0.4) is 0 Å². The van der Waals surface area contributed by atoms with Crippen LogP contribution in [-0.4, -0.2) is 52.6 Å². The summed E-state index contributed by atoms with van der Waals surface area (Å²) in [4.78, 5) is 15.5. The molecule has 0 unspecified atom stereocenters. The van der Waals surface area contributed by atoms with Crippen molar-refractivity contribution < 1.29 is 32.9 Å². The molecule has 11 heteroatoms. The molecule has 0 radical (unpaired) electrons. The van der Waals surface area contributed by atoms with Crippen molar-refractivity contribution in [3.8, 4) is 11.6 Å². The number of fused-ring (bicyclic) bond motifs is 2. The van der Waals surface area contributed by atoms with Gasteiger partial charge in [-0.15, -0.1) is 0 Å². The predicted molar refractivity (Wildman–Crippen MR) is 121 cm³/mol. The number of sulfonamides is 1. The Labute approximate surface area is 188 Å². The van der Waals surface area contributed by atoms with Crippen molar-refractivity contribution in [1.29, 1.82) is 0 Å². The molecule has 0 atom stereocenters. The van der Waals surface area contributed by atoms with Gasteiger partial charge in [0.1, 0.15) is 17.9 Å². The fraction of sp³-hybridized carbons (Fsp3) is 0.182. The van der Waals surface area contributed by atoms with Gasteiger partial charge in [0.05, 0.1) is 17.3 Å². The molecule has 0 saturated carbocycles. The first-order valence-corrected chi connectivity index (χ1v) is 11.6. The Kier molecular flexibility index (Phi) is 5.36. The number of halogens is 1. The van der Waals surface area contributed by atoms with Gasteiger partial charge in [0, 0.05) is 30.2 Å². The number of pyridine rings is 1. The van der Waals surface area contributed by atoms with Crippen LogP contribution in [0.1, 0.15) is 11.1 Å². The molecule has 172 valence electrons. The molecule has 0 amide bonds. The Hall–Kier alpha value is -3.86. The van der Waals surface area contributed by atoms with Crippen molar-refractivity contribution in [2.75, 3.05) is 17.6 Å². The molecular formula is C22H20FN3O6S. The first-order valence-electron chi connectivity index (χ1n) is 9.73. The number of aromatic nitrogens is 2. The van der Waals surface area contributed by atoms with Crippen molar-refractivity contribution >= 4 is 43.4 Å². The van der Waals surface area contributed by atoms with E-state index in [9.17, 15) is 27.8 Å². The second-order valence-electron chi connectivity index (χ2n) is 7.73. The van der Waals surface area contributed by atoms with Gasteiger partial charge in [0.15, 0.2) is 5.75 Å². The van der Waals surface area contributed by atoms with Crippen LogP contribution in [0.25, 0.3) is 21.7 Å². The maximum absolute atomic E-state index is 13.2. The van der Waals surface area contributed by atoms with Gasteiger partial charge in [-0.1, -0.05) is 12.1 Å². The maximum Gasteiger partial charge on any atom is 0.323 e. The van der Waals surface area contributed by atoms with E-state index in [4.69, 9.17) is 5.11 Å². The van der Waals surface area contributed by atoms with Crippen molar-refractivity contribution in [3.05, 3.63) is 59.7 Å². The quantitative estimate of drug-likeness (QED) is 0.392. The smallest absolute Gasteiger partial charge is 0.323 e. The van der Waals surface area contributed by atoms with E-state index in [1.165, 1.54) is 31.6 Å². The minimum absolute atomic E-state index is 0.0410. The minimum Gasteiger partial charge on any atom is -0.505 e. The van der Waals surface area contributed by atoms with Gasteiger partial charge in [-0.2, -0.15) is 0 Å². The summed E-state index contributed by atoms with van der Waals surface area (Å²) in [6.45, 7) is -0.596. The molecule has 0 aliphatic carbocycles. The summed E-state index contributed by atoms with van der Waals surface area (Å²) in [5.74, 6) is -2.52. The van der Waals surface area contributed by atoms with Crippen LogP contribution in [0.15, 0.2) is 42.7 Å². The second-order valence-corrected chi connectivity index (χ2v) is 9.75. The average molecular weight is 473 g/mol. The number of hydrogen-bond acceptors (Lipinski definition) is 6. The number of aromatic hydroxyl groups is 2. The normalized spacial score (nSPS) is 11.8. The second kappa shape index (κ2) is 7.93. The summed E-state index contributed by atoms with van der Waals surface area (Å²) >= 11 is 0. The van der Waals surface area contributed by atoms with Gasteiger partial charge in [-0.3, -0.25) is 14.1 Å². The number of phenolic OH excluding ortho intramolecular Hbond substituents is 1. The third-order valence-electron chi connectivity index (χ3n) is 5.41. The van der Waals surface area contributed by atoms with E-state index >= 15 is 0 Å². The molecule has 0 fully saturated rings. The third kappa shape index (κ3) is 4.02. The zero-order chi connectivity index (χ0) is 24.1. The summed E-state index contributed by atoms with van der Waals surface area (Å²) < 4.78 is 40.1. The zero-order valence-electron chi connectivity index (χ0n) is 17.6. The Morgan fingerprint density at radius 1 is 1.15 bits per heavy atom.